The Morgan fingerprint density at radius 1 is 1.00 bits per heavy atom. The molecule has 24 heavy (non-hydrogen) atoms. The number of hydrogen-bond acceptors (Lipinski definition) is 1. The molecule has 2 heterocycles. The van der Waals surface area contributed by atoms with Crippen molar-refractivity contribution in [1.29, 1.82) is 0 Å². The molecule has 2 aliphatic rings. The third-order valence-electron chi connectivity index (χ3n) is 5.41. The molecule has 0 N–H and O–H groups in total. The van der Waals surface area contributed by atoms with Crippen LogP contribution in [0.2, 0.25) is 0 Å². The topological polar surface area (TPSA) is 20.3 Å². The van der Waals surface area contributed by atoms with E-state index >= 15 is 0 Å². The summed E-state index contributed by atoms with van der Waals surface area (Å²) in [6, 6.07) is 17.5. The van der Waals surface area contributed by atoms with Crippen molar-refractivity contribution in [3.05, 3.63) is 59.7 Å². The number of carbonyl (C=O) groups is 1. The molecule has 0 spiro atoms. The maximum atomic E-state index is 12.2. The van der Waals surface area contributed by atoms with Crippen molar-refractivity contribution in [2.75, 3.05) is 19.8 Å². The van der Waals surface area contributed by atoms with Crippen molar-refractivity contribution < 1.29 is 17.2 Å². The van der Waals surface area contributed by atoms with Crippen LogP contribution in [-0.2, 0) is 11.2 Å². The van der Waals surface area contributed by atoms with Gasteiger partial charge < -0.3 is 12.4 Å². The quantitative estimate of drug-likeness (QED) is 0.757. The molecule has 3 nitrogen and oxygen atoms in total. The Balaban J connectivity index is 0.00000169. The molecule has 0 aromatic heterocycles. The van der Waals surface area contributed by atoms with Gasteiger partial charge in [-0.1, -0.05) is 36.4 Å². The molecule has 0 aliphatic carbocycles. The van der Waals surface area contributed by atoms with Crippen molar-refractivity contribution in [2.24, 2.45) is 0 Å². The average Bonchev–Trinajstić information content (AvgIpc) is 2.99. The number of halogens is 1. The predicted molar refractivity (Wildman–Crippen MR) is 93.5 cm³/mol. The second-order valence-corrected chi connectivity index (χ2v) is 6.62. The molecule has 1 saturated heterocycles. The van der Waals surface area contributed by atoms with E-state index in [0.717, 1.165) is 37.1 Å². The number of likely N-dealkylation sites (tertiary alicyclic amines) is 1. The maximum Gasteiger partial charge on any atom is 0.226 e. The normalized spacial score (nSPS) is 17.9. The van der Waals surface area contributed by atoms with Gasteiger partial charge in [-0.05, 0) is 25.5 Å². The van der Waals surface area contributed by atoms with Crippen LogP contribution in [0.5, 0.6) is 0 Å². The fourth-order valence-corrected chi connectivity index (χ4v) is 4.23. The average molecular weight is 343 g/mol. The van der Waals surface area contributed by atoms with Crippen molar-refractivity contribution in [3.8, 4) is 0 Å². The Morgan fingerprint density at radius 3 is 2.08 bits per heavy atom. The number of rotatable bonds is 3. The summed E-state index contributed by atoms with van der Waals surface area (Å²) in [5.41, 5.74) is 5.49. The summed E-state index contributed by atoms with van der Waals surface area (Å²) < 4.78 is 0.762. The summed E-state index contributed by atoms with van der Waals surface area (Å²) in [6.45, 7) is 4.84. The second-order valence-electron chi connectivity index (χ2n) is 6.62. The van der Waals surface area contributed by atoms with Gasteiger partial charge in [-0.2, -0.15) is 0 Å². The molecule has 4 heteroatoms. The third kappa shape index (κ3) is 2.52. The molecule has 0 unspecified atom stereocenters. The Hall–Kier alpha value is -1.84. The second kappa shape index (κ2) is 6.58. The Bertz CT molecular complexity index is 713. The number of carbonyl (C=O) groups excluding carboxylic acids is 1. The molecular weight excluding hydrogens is 320 g/mol. The largest absolute Gasteiger partial charge is 1.00 e. The summed E-state index contributed by atoms with van der Waals surface area (Å²) in [4.78, 5) is 14.3. The third-order valence-corrected chi connectivity index (χ3v) is 5.41. The van der Waals surface area contributed by atoms with Crippen molar-refractivity contribution in [2.45, 2.75) is 26.2 Å². The Morgan fingerprint density at radius 2 is 1.58 bits per heavy atom. The highest BCUT2D eigenvalue weighted by atomic mass is 35.5. The molecule has 1 fully saturated rings. The van der Waals surface area contributed by atoms with Gasteiger partial charge in [0.15, 0.2) is 6.67 Å². The molecule has 2 aromatic carbocycles. The van der Waals surface area contributed by atoms with E-state index < -0.39 is 0 Å². The first-order chi connectivity index (χ1) is 11.2. The molecule has 0 saturated carbocycles. The van der Waals surface area contributed by atoms with Crippen molar-refractivity contribution in [3.63, 3.8) is 0 Å². The fourth-order valence-electron chi connectivity index (χ4n) is 4.23. The highest BCUT2D eigenvalue weighted by Gasteiger charge is 2.42. The van der Waals surface area contributed by atoms with E-state index in [4.69, 9.17) is 0 Å². The summed E-state index contributed by atoms with van der Waals surface area (Å²) in [5, 5.41) is 0. The first kappa shape index (κ1) is 17.0. The van der Waals surface area contributed by atoms with Crippen LogP contribution in [0.25, 0.3) is 0 Å². The van der Waals surface area contributed by atoms with E-state index in [2.05, 4.69) is 60.4 Å². The number of nitrogens with zero attached hydrogens (tertiary/aromatic N) is 2. The minimum Gasteiger partial charge on any atom is -1.00 e. The molecule has 4 rings (SSSR count). The van der Waals surface area contributed by atoms with Crippen LogP contribution in [0.4, 0.5) is 11.4 Å². The highest BCUT2D eigenvalue weighted by Crippen LogP contribution is 2.45. The van der Waals surface area contributed by atoms with Gasteiger partial charge in [0.25, 0.3) is 0 Å². The molecule has 0 radical (unpaired) electrons. The summed E-state index contributed by atoms with van der Waals surface area (Å²) in [7, 11) is 0. The van der Waals surface area contributed by atoms with Gasteiger partial charge in [0.2, 0.25) is 5.91 Å². The van der Waals surface area contributed by atoms with Crippen LogP contribution in [0.3, 0.4) is 0 Å². The summed E-state index contributed by atoms with van der Waals surface area (Å²) in [6.07, 6.45) is 2.68. The van der Waals surface area contributed by atoms with Crippen molar-refractivity contribution >= 4 is 17.3 Å². The predicted octanol–water partition coefficient (Wildman–Crippen LogP) is 0.834. The van der Waals surface area contributed by atoms with Crippen LogP contribution in [-0.4, -0.2) is 30.6 Å². The lowest BCUT2D eigenvalue weighted by atomic mass is 9.93. The number of hydrogen-bond donors (Lipinski definition) is 0. The number of benzene rings is 2. The van der Waals surface area contributed by atoms with Crippen LogP contribution < -0.4 is 16.9 Å². The molecular formula is C20H23ClN2O. The standard InChI is InChI=1S/C20H23N2O.ClH/c1-2-22(15-21-13-7-12-20(21)23)18-10-5-3-8-16(18)14-17-9-4-6-11-19(17)22;/h3-6,8-11H,2,7,12-15H2,1H3;1H/q+1;/p-1. The van der Waals surface area contributed by atoms with Gasteiger partial charge in [0, 0.05) is 30.5 Å². The van der Waals surface area contributed by atoms with Gasteiger partial charge in [0.05, 0.1) is 6.54 Å². The molecule has 0 bridgehead atoms. The summed E-state index contributed by atoms with van der Waals surface area (Å²) >= 11 is 0. The lowest BCUT2D eigenvalue weighted by Crippen LogP contribution is -3.00. The zero-order chi connectivity index (χ0) is 15.9. The Labute approximate surface area is 149 Å². The van der Waals surface area contributed by atoms with Crippen LogP contribution >= 0.6 is 0 Å². The SMILES string of the molecule is CC[N+]1(CN2CCCC2=O)c2ccccc2Cc2ccccc21.[Cl-]. The van der Waals surface area contributed by atoms with Gasteiger partial charge >= 0.3 is 0 Å². The van der Waals surface area contributed by atoms with Crippen LogP contribution in [0.15, 0.2) is 48.5 Å². The minimum absolute atomic E-state index is 0. The zero-order valence-corrected chi connectivity index (χ0v) is 14.8. The number of amides is 1. The molecule has 2 aliphatic heterocycles. The van der Waals surface area contributed by atoms with E-state index in [1.165, 1.54) is 22.5 Å². The summed E-state index contributed by atoms with van der Waals surface area (Å²) in [5.74, 6) is 0.302. The number of fused-ring (bicyclic) bond motifs is 2. The highest BCUT2D eigenvalue weighted by molar-refractivity contribution is 5.79. The van der Waals surface area contributed by atoms with Gasteiger partial charge in [-0.15, -0.1) is 0 Å². The number of quaternary nitrogens is 1. The van der Waals surface area contributed by atoms with E-state index in [-0.39, 0.29) is 12.4 Å². The van der Waals surface area contributed by atoms with Crippen LogP contribution in [0, 0.1) is 0 Å². The van der Waals surface area contributed by atoms with Gasteiger partial charge in [0.1, 0.15) is 11.4 Å². The van der Waals surface area contributed by atoms with Crippen molar-refractivity contribution in [1.82, 2.24) is 9.38 Å². The lowest BCUT2D eigenvalue weighted by Gasteiger charge is -2.43. The minimum atomic E-state index is 0. The first-order valence-corrected chi connectivity index (χ1v) is 8.56. The van der Waals surface area contributed by atoms with E-state index in [0.29, 0.717) is 12.3 Å². The zero-order valence-electron chi connectivity index (χ0n) is 14.0. The Kier molecular flexibility index (Phi) is 4.66. The molecule has 2 aromatic rings. The lowest BCUT2D eigenvalue weighted by molar-refractivity contribution is -0.128. The maximum absolute atomic E-state index is 12.2. The molecule has 126 valence electrons. The first-order valence-electron chi connectivity index (χ1n) is 8.56. The van der Waals surface area contributed by atoms with E-state index in [9.17, 15) is 4.79 Å². The van der Waals surface area contributed by atoms with Gasteiger partial charge in [-0.25, -0.2) is 4.48 Å². The fraction of sp³-hybridized carbons (Fsp3) is 0.350. The van der Waals surface area contributed by atoms with Crippen LogP contribution in [0.1, 0.15) is 30.9 Å². The molecule has 1 amide bonds. The number of para-hydroxylation sites is 2. The van der Waals surface area contributed by atoms with E-state index in [1.807, 2.05) is 0 Å². The molecule has 0 atom stereocenters. The van der Waals surface area contributed by atoms with E-state index in [1.54, 1.807) is 0 Å². The smallest absolute Gasteiger partial charge is 0.226 e. The monoisotopic (exact) mass is 342 g/mol. The van der Waals surface area contributed by atoms with Gasteiger partial charge in [-0.3, -0.25) is 9.69 Å².